The molecule has 0 unspecified atom stereocenters. The smallest absolute Gasteiger partial charge is 0.225 e. The van der Waals surface area contributed by atoms with Gasteiger partial charge < -0.3 is 15.0 Å². The number of benzene rings is 1. The number of thiophene rings is 1. The first-order chi connectivity index (χ1) is 15.1. The summed E-state index contributed by atoms with van der Waals surface area (Å²) in [5, 5.41) is 5.36. The van der Waals surface area contributed by atoms with Crippen molar-refractivity contribution in [2.45, 2.75) is 63.5 Å². The fraction of sp³-hybridized carbons (Fsp3) is 0.577. The fourth-order valence-electron chi connectivity index (χ4n) is 5.77. The van der Waals surface area contributed by atoms with Gasteiger partial charge in [-0.1, -0.05) is 57.0 Å². The summed E-state index contributed by atoms with van der Waals surface area (Å²) in [6.07, 6.45) is 5.08. The van der Waals surface area contributed by atoms with E-state index in [1.54, 1.807) is 11.3 Å². The van der Waals surface area contributed by atoms with Crippen molar-refractivity contribution in [2.75, 3.05) is 26.7 Å². The lowest BCUT2D eigenvalue weighted by molar-refractivity contribution is -0.122. The van der Waals surface area contributed by atoms with Gasteiger partial charge in [-0.3, -0.25) is 4.79 Å². The van der Waals surface area contributed by atoms with Crippen LogP contribution in [0.1, 0.15) is 61.6 Å². The quantitative estimate of drug-likeness (QED) is 0.632. The summed E-state index contributed by atoms with van der Waals surface area (Å²) in [4.78, 5) is 16.6. The molecule has 1 aliphatic carbocycles. The topological polar surface area (TPSA) is 41.6 Å². The normalized spacial score (nSPS) is 22.7. The molecule has 0 bridgehead atoms. The van der Waals surface area contributed by atoms with Crippen LogP contribution in [0, 0.1) is 5.92 Å². The van der Waals surface area contributed by atoms with Crippen molar-refractivity contribution in [1.82, 2.24) is 10.2 Å². The van der Waals surface area contributed by atoms with E-state index >= 15 is 0 Å². The van der Waals surface area contributed by atoms with E-state index in [0.29, 0.717) is 6.42 Å². The van der Waals surface area contributed by atoms with Crippen molar-refractivity contribution >= 4 is 17.2 Å². The van der Waals surface area contributed by atoms with E-state index in [1.807, 2.05) is 24.6 Å². The van der Waals surface area contributed by atoms with E-state index in [4.69, 9.17) is 4.74 Å². The molecule has 1 N–H and O–H groups in total. The predicted octanol–water partition coefficient (Wildman–Crippen LogP) is 4.95. The SMILES string of the molecule is CCC(CC)CN1CCC2(CC1)c1ccccc1[C@@H](NC(=O)Cc1cccs1)[C@@H]2OC. The van der Waals surface area contributed by atoms with Gasteiger partial charge in [-0.15, -0.1) is 11.3 Å². The third kappa shape index (κ3) is 4.46. The van der Waals surface area contributed by atoms with Gasteiger partial charge in [-0.2, -0.15) is 0 Å². The standard InChI is InChI=1S/C26H36N2O2S/c1-4-19(5-2)18-28-14-12-26(13-15-28)22-11-7-6-10-21(22)24(25(26)30-3)27-23(29)17-20-9-8-16-31-20/h6-11,16,19,24-25H,4-5,12-15,17-18H2,1-3H3,(H,27,29)/t24-,25+/m1/s1. The fourth-order valence-corrected chi connectivity index (χ4v) is 6.47. The molecule has 5 heteroatoms. The molecule has 2 atom stereocenters. The number of ether oxygens (including phenoxy) is 1. The summed E-state index contributed by atoms with van der Waals surface area (Å²) in [6, 6.07) is 12.6. The van der Waals surface area contributed by atoms with Crippen LogP contribution in [0.3, 0.4) is 0 Å². The molecule has 168 valence electrons. The molecule has 2 heterocycles. The minimum absolute atomic E-state index is 0.0172. The number of piperidine rings is 1. The first-order valence-corrected chi connectivity index (χ1v) is 12.7. The van der Waals surface area contributed by atoms with Crippen LogP contribution in [-0.2, 0) is 21.4 Å². The molecule has 1 saturated heterocycles. The van der Waals surface area contributed by atoms with Crippen LogP contribution in [0.5, 0.6) is 0 Å². The molecule has 31 heavy (non-hydrogen) atoms. The Labute approximate surface area is 191 Å². The van der Waals surface area contributed by atoms with Gasteiger partial charge in [0.25, 0.3) is 0 Å². The van der Waals surface area contributed by atoms with E-state index in [9.17, 15) is 4.79 Å². The monoisotopic (exact) mass is 440 g/mol. The molecule has 1 aliphatic heterocycles. The maximum absolute atomic E-state index is 12.9. The molecule has 1 spiro atoms. The summed E-state index contributed by atoms with van der Waals surface area (Å²) in [5.41, 5.74) is 2.60. The van der Waals surface area contributed by atoms with Crippen LogP contribution in [0.4, 0.5) is 0 Å². The van der Waals surface area contributed by atoms with Crippen LogP contribution < -0.4 is 5.32 Å². The summed E-state index contributed by atoms with van der Waals surface area (Å²) in [5.74, 6) is 0.861. The number of methoxy groups -OCH3 is 1. The van der Waals surface area contributed by atoms with E-state index < -0.39 is 0 Å². The average molecular weight is 441 g/mol. The number of nitrogens with zero attached hydrogens (tertiary/aromatic N) is 1. The maximum Gasteiger partial charge on any atom is 0.225 e. The second-order valence-corrected chi connectivity index (χ2v) is 10.2. The predicted molar refractivity (Wildman–Crippen MR) is 128 cm³/mol. The van der Waals surface area contributed by atoms with E-state index in [-0.39, 0.29) is 23.5 Å². The molecule has 4 rings (SSSR count). The van der Waals surface area contributed by atoms with E-state index in [1.165, 1.54) is 30.5 Å². The van der Waals surface area contributed by atoms with Crippen LogP contribution >= 0.6 is 11.3 Å². The summed E-state index contributed by atoms with van der Waals surface area (Å²) in [7, 11) is 1.81. The van der Waals surface area contributed by atoms with Crippen LogP contribution in [0.25, 0.3) is 0 Å². The minimum Gasteiger partial charge on any atom is -0.378 e. The molecule has 4 nitrogen and oxygen atoms in total. The number of rotatable bonds is 8. The Kier molecular flexibility index (Phi) is 7.15. The molecule has 1 fully saturated rings. The number of amides is 1. The van der Waals surface area contributed by atoms with Crippen molar-refractivity contribution in [2.24, 2.45) is 5.92 Å². The largest absolute Gasteiger partial charge is 0.378 e. The molecule has 1 amide bonds. The highest BCUT2D eigenvalue weighted by Gasteiger charge is 2.53. The van der Waals surface area contributed by atoms with Gasteiger partial charge in [0.05, 0.1) is 18.6 Å². The van der Waals surface area contributed by atoms with Crippen molar-refractivity contribution in [3.05, 3.63) is 57.8 Å². The Morgan fingerprint density at radius 3 is 2.58 bits per heavy atom. The molecule has 2 aromatic rings. The summed E-state index contributed by atoms with van der Waals surface area (Å²) >= 11 is 1.63. The number of fused-ring (bicyclic) bond motifs is 2. The highest BCUT2D eigenvalue weighted by Crippen LogP contribution is 2.52. The third-order valence-corrected chi connectivity index (χ3v) is 8.46. The number of hydrogen-bond donors (Lipinski definition) is 1. The van der Waals surface area contributed by atoms with Gasteiger partial charge in [0, 0.05) is 23.9 Å². The lowest BCUT2D eigenvalue weighted by atomic mass is 9.71. The molecule has 0 radical (unpaired) electrons. The zero-order chi connectivity index (χ0) is 21.8. The highest BCUT2D eigenvalue weighted by molar-refractivity contribution is 7.10. The van der Waals surface area contributed by atoms with Crippen LogP contribution in [0.2, 0.25) is 0 Å². The van der Waals surface area contributed by atoms with Gasteiger partial charge in [0.15, 0.2) is 0 Å². The number of likely N-dealkylation sites (tertiary alicyclic amines) is 1. The first kappa shape index (κ1) is 22.5. The average Bonchev–Trinajstić information content (AvgIpc) is 3.39. The van der Waals surface area contributed by atoms with E-state index in [2.05, 4.69) is 48.3 Å². The van der Waals surface area contributed by atoms with Gasteiger partial charge in [0.1, 0.15) is 0 Å². The Hall–Kier alpha value is -1.69. The Morgan fingerprint density at radius 2 is 1.94 bits per heavy atom. The van der Waals surface area contributed by atoms with Crippen LogP contribution in [0.15, 0.2) is 41.8 Å². The number of nitrogens with one attached hydrogen (secondary N) is 1. The Morgan fingerprint density at radius 1 is 1.19 bits per heavy atom. The lowest BCUT2D eigenvalue weighted by Crippen LogP contribution is -2.51. The van der Waals surface area contributed by atoms with E-state index in [0.717, 1.165) is 36.7 Å². The highest BCUT2D eigenvalue weighted by atomic mass is 32.1. The zero-order valence-electron chi connectivity index (χ0n) is 19.1. The number of carbonyl (C=O) groups is 1. The molecule has 0 saturated carbocycles. The van der Waals surface area contributed by atoms with Gasteiger partial charge in [-0.25, -0.2) is 0 Å². The molecule has 1 aromatic carbocycles. The van der Waals surface area contributed by atoms with Gasteiger partial charge in [-0.05, 0) is 54.4 Å². The Bertz CT molecular complexity index is 854. The second-order valence-electron chi connectivity index (χ2n) is 9.18. The van der Waals surface area contributed by atoms with Crippen molar-refractivity contribution in [3.8, 4) is 0 Å². The summed E-state index contributed by atoms with van der Waals surface area (Å²) < 4.78 is 6.16. The first-order valence-electron chi connectivity index (χ1n) is 11.8. The molecular weight excluding hydrogens is 404 g/mol. The number of hydrogen-bond acceptors (Lipinski definition) is 4. The van der Waals surface area contributed by atoms with Crippen molar-refractivity contribution < 1.29 is 9.53 Å². The van der Waals surface area contributed by atoms with Gasteiger partial charge in [0.2, 0.25) is 5.91 Å². The zero-order valence-corrected chi connectivity index (χ0v) is 19.9. The minimum atomic E-state index is -0.0840. The molecular formula is C26H36N2O2S. The lowest BCUT2D eigenvalue weighted by Gasteiger charge is -2.44. The maximum atomic E-state index is 12.9. The summed E-state index contributed by atoms with van der Waals surface area (Å²) in [6.45, 7) is 8.00. The van der Waals surface area contributed by atoms with Crippen molar-refractivity contribution in [3.63, 3.8) is 0 Å². The number of carbonyl (C=O) groups excluding carboxylic acids is 1. The van der Waals surface area contributed by atoms with Crippen LogP contribution in [-0.4, -0.2) is 43.7 Å². The van der Waals surface area contributed by atoms with Gasteiger partial charge >= 0.3 is 0 Å². The second kappa shape index (κ2) is 9.85. The van der Waals surface area contributed by atoms with Crippen molar-refractivity contribution in [1.29, 1.82) is 0 Å². The molecule has 2 aliphatic rings. The molecule has 1 aromatic heterocycles. The Balaban J connectivity index is 1.53. The third-order valence-electron chi connectivity index (χ3n) is 7.58.